The fraction of sp³-hybridized carbons (Fsp3) is 0.476. The molecule has 2 aliphatic rings. The molecule has 0 aromatic heterocycles. The Labute approximate surface area is 273 Å². The van der Waals surface area contributed by atoms with Crippen LogP contribution in [0.25, 0.3) is 6.08 Å². The SMILES string of the molecule is CCCCCC(C)(CCC)c1ccc2c(c1)C(C)(C)c1cc(/C=C\CCCC3C=C3)ccc1N2c1ccc(CCCCl)cc1. The van der Waals surface area contributed by atoms with Gasteiger partial charge in [0.1, 0.15) is 0 Å². The molecular weight excluding hydrogens is 554 g/mol. The summed E-state index contributed by atoms with van der Waals surface area (Å²) in [5.74, 6) is 1.47. The normalized spacial score (nSPS) is 16.6. The van der Waals surface area contributed by atoms with Crippen LogP contribution in [0.1, 0.15) is 127 Å². The number of fused-ring (bicyclic) bond motifs is 2. The maximum absolute atomic E-state index is 6.00. The standard InChI is InChI=1S/C42H54ClN/c1-6-8-12-28-42(5,27-7-2)35-22-26-40-38(31-35)41(3,4)37-30-34(15-11-9-10-14-32-17-18-32)21-25-39(37)44(40)36-23-19-33(20-24-36)16-13-29-43/h11,15,17-26,30-32H,6-10,12-14,16,27-29H2,1-5H3/b15-11-. The van der Waals surface area contributed by atoms with Crippen LogP contribution in [0.5, 0.6) is 0 Å². The maximum Gasteiger partial charge on any atom is 0.0503 e. The number of nitrogens with zero attached hydrogens (tertiary/aromatic N) is 1. The van der Waals surface area contributed by atoms with Crippen molar-refractivity contribution in [1.29, 1.82) is 0 Å². The molecule has 1 nitrogen and oxygen atoms in total. The molecule has 1 heterocycles. The van der Waals surface area contributed by atoms with Gasteiger partial charge < -0.3 is 4.90 Å². The number of hydrogen-bond acceptors (Lipinski definition) is 1. The Morgan fingerprint density at radius 3 is 2.23 bits per heavy atom. The molecule has 1 atom stereocenters. The Balaban J connectivity index is 1.55. The third kappa shape index (κ3) is 7.37. The van der Waals surface area contributed by atoms with Gasteiger partial charge in [-0.2, -0.15) is 0 Å². The van der Waals surface area contributed by atoms with E-state index in [9.17, 15) is 0 Å². The Kier molecular flexibility index (Phi) is 10.8. The second-order valence-corrected chi connectivity index (χ2v) is 14.5. The van der Waals surface area contributed by atoms with Gasteiger partial charge in [-0.05, 0) is 114 Å². The first kappa shape index (κ1) is 32.6. The van der Waals surface area contributed by atoms with Crippen molar-refractivity contribution in [3.63, 3.8) is 0 Å². The number of aryl methyl sites for hydroxylation is 1. The largest absolute Gasteiger partial charge is 0.310 e. The lowest BCUT2D eigenvalue weighted by Gasteiger charge is -2.43. The zero-order valence-electron chi connectivity index (χ0n) is 28.0. The number of allylic oxidation sites excluding steroid dienone is 3. The van der Waals surface area contributed by atoms with E-state index in [4.69, 9.17) is 11.6 Å². The molecule has 3 aromatic rings. The van der Waals surface area contributed by atoms with Gasteiger partial charge in [0.2, 0.25) is 0 Å². The predicted molar refractivity (Wildman–Crippen MR) is 194 cm³/mol. The van der Waals surface area contributed by atoms with Crippen molar-refractivity contribution < 1.29 is 0 Å². The number of rotatable bonds is 16. The summed E-state index contributed by atoms with van der Waals surface area (Å²) in [7, 11) is 0. The summed E-state index contributed by atoms with van der Waals surface area (Å²) < 4.78 is 0. The van der Waals surface area contributed by atoms with Crippen molar-refractivity contribution in [2.75, 3.05) is 10.8 Å². The molecular formula is C42H54ClN. The quantitative estimate of drug-likeness (QED) is 0.0889. The lowest BCUT2D eigenvalue weighted by molar-refractivity contribution is 0.378. The van der Waals surface area contributed by atoms with Crippen LogP contribution in [0.15, 0.2) is 78.9 Å². The first-order valence-electron chi connectivity index (χ1n) is 17.4. The van der Waals surface area contributed by atoms with Crippen LogP contribution in [0.3, 0.4) is 0 Å². The van der Waals surface area contributed by atoms with E-state index in [2.05, 4.69) is 124 Å². The van der Waals surface area contributed by atoms with Crippen molar-refractivity contribution in [1.82, 2.24) is 0 Å². The highest BCUT2D eigenvalue weighted by Crippen LogP contribution is 2.53. The number of anilines is 3. The van der Waals surface area contributed by atoms with Crippen LogP contribution >= 0.6 is 11.6 Å². The van der Waals surface area contributed by atoms with Crippen molar-refractivity contribution in [2.24, 2.45) is 5.92 Å². The molecule has 3 aromatic carbocycles. The molecule has 0 saturated carbocycles. The molecule has 0 fully saturated rings. The van der Waals surface area contributed by atoms with Crippen molar-refractivity contribution in [2.45, 2.75) is 116 Å². The molecule has 0 saturated heterocycles. The molecule has 0 radical (unpaired) electrons. The van der Waals surface area contributed by atoms with Gasteiger partial charge in [0.15, 0.2) is 0 Å². The van der Waals surface area contributed by atoms with Crippen molar-refractivity contribution >= 4 is 34.7 Å². The minimum absolute atomic E-state index is 0.116. The highest BCUT2D eigenvalue weighted by molar-refractivity contribution is 6.17. The summed E-state index contributed by atoms with van der Waals surface area (Å²) in [4.78, 5) is 2.51. The Morgan fingerprint density at radius 2 is 1.55 bits per heavy atom. The van der Waals surface area contributed by atoms with Gasteiger partial charge in [-0.1, -0.05) is 115 Å². The molecule has 1 unspecified atom stereocenters. The van der Waals surface area contributed by atoms with Crippen molar-refractivity contribution in [3.8, 4) is 0 Å². The zero-order chi connectivity index (χ0) is 31.2. The second-order valence-electron chi connectivity index (χ2n) is 14.1. The van der Waals surface area contributed by atoms with E-state index in [0.717, 1.165) is 25.2 Å². The molecule has 0 spiro atoms. The van der Waals surface area contributed by atoms with Crippen LogP contribution in [-0.4, -0.2) is 5.88 Å². The number of alkyl halides is 1. The molecule has 0 bridgehead atoms. The van der Waals surface area contributed by atoms with Gasteiger partial charge in [0.05, 0.1) is 11.4 Å². The first-order valence-corrected chi connectivity index (χ1v) is 17.9. The molecule has 0 N–H and O–H groups in total. The van der Waals surface area contributed by atoms with Gasteiger partial charge in [-0.3, -0.25) is 0 Å². The summed E-state index contributed by atoms with van der Waals surface area (Å²) in [5, 5.41) is 0. The molecule has 1 aliphatic carbocycles. The van der Waals surface area contributed by atoms with Crippen LogP contribution in [-0.2, 0) is 17.3 Å². The topological polar surface area (TPSA) is 3.24 Å². The van der Waals surface area contributed by atoms with Crippen molar-refractivity contribution in [3.05, 3.63) is 107 Å². The Morgan fingerprint density at radius 1 is 0.818 bits per heavy atom. The summed E-state index contributed by atoms with van der Waals surface area (Å²) in [6, 6.07) is 23.7. The van der Waals surface area contributed by atoms with E-state index in [0.29, 0.717) is 5.88 Å². The van der Waals surface area contributed by atoms with Crippen LogP contribution in [0.2, 0.25) is 0 Å². The number of unbranched alkanes of at least 4 members (excludes halogenated alkanes) is 3. The van der Waals surface area contributed by atoms with E-state index in [1.165, 1.54) is 96.2 Å². The highest BCUT2D eigenvalue weighted by atomic mass is 35.5. The lowest BCUT2D eigenvalue weighted by atomic mass is 9.69. The fourth-order valence-electron chi connectivity index (χ4n) is 7.29. The minimum atomic E-state index is -0.116. The summed E-state index contributed by atoms with van der Waals surface area (Å²) in [6.07, 6.45) is 22.6. The second kappa shape index (κ2) is 14.6. The van der Waals surface area contributed by atoms with E-state index < -0.39 is 0 Å². The molecule has 5 rings (SSSR count). The third-order valence-electron chi connectivity index (χ3n) is 10.2. The summed E-state index contributed by atoms with van der Waals surface area (Å²) in [5.41, 5.74) is 10.9. The van der Waals surface area contributed by atoms with Gasteiger partial charge >= 0.3 is 0 Å². The van der Waals surface area contributed by atoms with Crippen LogP contribution < -0.4 is 4.90 Å². The molecule has 1 aliphatic heterocycles. The number of benzene rings is 3. The average molecular weight is 608 g/mol. The van der Waals surface area contributed by atoms with E-state index >= 15 is 0 Å². The maximum atomic E-state index is 6.00. The van der Waals surface area contributed by atoms with Crippen LogP contribution in [0, 0.1) is 5.92 Å². The summed E-state index contributed by atoms with van der Waals surface area (Å²) in [6.45, 7) is 12.0. The molecule has 234 valence electrons. The Bertz CT molecular complexity index is 1440. The van der Waals surface area contributed by atoms with Gasteiger partial charge in [-0.25, -0.2) is 0 Å². The first-order chi connectivity index (χ1) is 21.3. The zero-order valence-corrected chi connectivity index (χ0v) is 28.7. The third-order valence-corrected chi connectivity index (χ3v) is 10.4. The highest BCUT2D eigenvalue weighted by Gasteiger charge is 2.38. The molecule has 2 heteroatoms. The van der Waals surface area contributed by atoms with E-state index in [-0.39, 0.29) is 10.8 Å². The number of halogens is 1. The lowest BCUT2D eigenvalue weighted by Crippen LogP contribution is -2.32. The van der Waals surface area contributed by atoms with Gasteiger partial charge in [0.25, 0.3) is 0 Å². The molecule has 44 heavy (non-hydrogen) atoms. The van der Waals surface area contributed by atoms with Gasteiger partial charge in [-0.15, -0.1) is 11.6 Å². The summed E-state index contributed by atoms with van der Waals surface area (Å²) >= 11 is 6.00. The monoisotopic (exact) mass is 607 g/mol. The van der Waals surface area contributed by atoms with E-state index in [1.807, 2.05) is 0 Å². The molecule has 0 amide bonds. The van der Waals surface area contributed by atoms with E-state index in [1.54, 1.807) is 0 Å². The van der Waals surface area contributed by atoms with Gasteiger partial charge in [0, 0.05) is 17.0 Å². The van der Waals surface area contributed by atoms with Crippen LogP contribution in [0.4, 0.5) is 17.1 Å². The Hall–Kier alpha value is -2.77. The predicted octanol–water partition coefficient (Wildman–Crippen LogP) is 13.0. The number of hydrogen-bond donors (Lipinski definition) is 0. The fourth-order valence-corrected chi connectivity index (χ4v) is 7.42. The minimum Gasteiger partial charge on any atom is -0.310 e. The smallest absolute Gasteiger partial charge is 0.0503 e. The average Bonchev–Trinajstić information content (AvgIpc) is 3.85.